The van der Waals surface area contributed by atoms with Gasteiger partial charge in [0.25, 0.3) is 0 Å². The van der Waals surface area contributed by atoms with E-state index >= 15 is 0 Å². The van der Waals surface area contributed by atoms with Crippen molar-refractivity contribution in [3.8, 4) is 5.88 Å². The molecule has 84 valence electrons. The molecule has 0 aromatic carbocycles. The minimum Gasteiger partial charge on any atom is -0.481 e. The first-order valence-electron chi connectivity index (χ1n) is 4.89. The maximum atomic E-state index is 5.94. The first kappa shape index (κ1) is 12.5. The first-order valence-corrected chi connectivity index (χ1v) is 5.69. The second kappa shape index (κ2) is 4.94. The molecule has 0 unspecified atom stereocenters. The summed E-state index contributed by atoms with van der Waals surface area (Å²) in [4.78, 5) is 4.19. The normalized spacial score (nSPS) is 11.5. The van der Waals surface area contributed by atoms with Crippen LogP contribution in [0.4, 0.5) is 0 Å². The number of methoxy groups -OCH3 is 1. The van der Waals surface area contributed by atoms with Crippen LogP contribution in [0.1, 0.15) is 25.8 Å². The Balaban J connectivity index is 2.79. The van der Waals surface area contributed by atoms with Crippen LogP contribution >= 0.6 is 15.9 Å². The first-order chi connectivity index (χ1) is 6.92. The monoisotopic (exact) mass is 272 g/mol. The minimum absolute atomic E-state index is 0.159. The van der Waals surface area contributed by atoms with Crippen molar-refractivity contribution in [1.82, 2.24) is 4.98 Å². The molecule has 4 heteroatoms. The van der Waals surface area contributed by atoms with Gasteiger partial charge in [0, 0.05) is 21.8 Å². The van der Waals surface area contributed by atoms with Gasteiger partial charge >= 0.3 is 0 Å². The Morgan fingerprint density at radius 3 is 2.73 bits per heavy atom. The van der Waals surface area contributed by atoms with Crippen molar-refractivity contribution < 1.29 is 4.74 Å². The summed E-state index contributed by atoms with van der Waals surface area (Å²) in [6.07, 6.45) is 3.51. The van der Waals surface area contributed by atoms with Gasteiger partial charge in [-0.3, -0.25) is 0 Å². The summed E-state index contributed by atoms with van der Waals surface area (Å²) in [5.41, 5.74) is 6.87. The maximum absolute atomic E-state index is 5.94. The molecule has 0 spiro atoms. The predicted octanol–water partition coefficient (Wildman–Crippen LogP) is 2.52. The second-order valence-electron chi connectivity index (χ2n) is 4.31. The van der Waals surface area contributed by atoms with E-state index in [0.29, 0.717) is 5.88 Å². The van der Waals surface area contributed by atoms with Gasteiger partial charge in [0.2, 0.25) is 5.88 Å². The summed E-state index contributed by atoms with van der Waals surface area (Å²) in [5, 5.41) is 0. The van der Waals surface area contributed by atoms with E-state index in [1.807, 2.05) is 19.9 Å². The molecule has 0 bridgehead atoms. The summed E-state index contributed by atoms with van der Waals surface area (Å²) in [6.45, 7) is 4.04. The molecule has 0 atom stereocenters. The van der Waals surface area contributed by atoms with E-state index in [-0.39, 0.29) is 5.54 Å². The summed E-state index contributed by atoms with van der Waals surface area (Å²) in [7, 11) is 1.63. The number of nitrogens with zero attached hydrogens (tertiary/aromatic N) is 1. The van der Waals surface area contributed by atoms with Crippen LogP contribution in [0.2, 0.25) is 0 Å². The highest BCUT2D eigenvalue weighted by Gasteiger charge is 2.13. The van der Waals surface area contributed by atoms with Crippen LogP contribution in [0.5, 0.6) is 5.88 Å². The number of halogens is 1. The molecular formula is C11H17BrN2O. The Kier molecular flexibility index (Phi) is 4.11. The molecule has 1 aromatic rings. The van der Waals surface area contributed by atoms with Crippen LogP contribution in [0.25, 0.3) is 0 Å². The van der Waals surface area contributed by atoms with Gasteiger partial charge in [-0.2, -0.15) is 0 Å². The van der Waals surface area contributed by atoms with Crippen LogP contribution in [-0.2, 0) is 6.42 Å². The molecule has 0 aliphatic rings. The van der Waals surface area contributed by atoms with Crippen molar-refractivity contribution in [2.24, 2.45) is 5.73 Å². The summed E-state index contributed by atoms with van der Waals surface area (Å²) in [5.74, 6) is 0.683. The third-order valence-electron chi connectivity index (χ3n) is 2.12. The number of pyridine rings is 1. The van der Waals surface area contributed by atoms with E-state index in [4.69, 9.17) is 10.5 Å². The third kappa shape index (κ3) is 4.18. The summed E-state index contributed by atoms with van der Waals surface area (Å²) < 4.78 is 6.16. The average molecular weight is 273 g/mol. The standard InChI is InChI=1S/C11H17BrN2O/c1-11(2,13)5-4-8-6-9(12)7-14-10(8)15-3/h6-7H,4-5,13H2,1-3H3. The molecule has 2 N–H and O–H groups in total. The van der Waals surface area contributed by atoms with Gasteiger partial charge < -0.3 is 10.5 Å². The third-order valence-corrected chi connectivity index (χ3v) is 2.56. The van der Waals surface area contributed by atoms with E-state index in [1.54, 1.807) is 13.3 Å². The van der Waals surface area contributed by atoms with Crippen LogP contribution < -0.4 is 10.5 Å². The summed E-state index contributed by atoms with van der Waals surface area (Å²) >= 11 is 3.40. The van der Waals surface area contributed by atoms with Gasteiger partial charge in [-0.25, -0.2) is 4.98 Å². The largest absolute Gasteiger partial charge is 0.481 e. The van der Waals surface area contributed by atoms with Gasteiger partial charge in [-0.15, -0.1) is 0 Å². The fourth-order valence-electron chi connectivity index (χ4n) is 1.29. The molecule has 15 heavy (non-hydrogen) atoms. The molecular weight excluding hydrogens is 256 g/mol. The SMILES string of the molecule is COc1ncc(Br)cc1CCC(C)(C)N. The zero-order chi connectivity index (χ0) is 11.5. The highest BCUT2D eigenvalue weighted by atomic mass is 79.9. The van der Waals surface area contributed by atoms with Crippen molar-refractivity contribution in [2.75, 3.05) is 7.11 Å². The quantitative estimate of drug-likeness (QED) is 0.917. The number of aryl methyl sites for hydroxylation is 1. The Labute approximate surface area is 99.2 Å². The molecule has 0 radical (unpaired) electrons. The Hall–Kier alpha value is -0.610. The molecule has 1 rings (SSSR count). The van der Waals surface area contributed by atoms with Crippen molar-refractivity contribution in [1.29, 1.82) is 0 Å². The Bertz CT molecular complexity index is 334. The lowest BCUT2D eigenvalue weighted by molar-refractivity contribution is 0.388. The molecule has 0 saturated carbocycles. The lowest BCUT2D eigenvalue weighted by Gasteiger charge is -2.18. The van der Waals surface area contributed by atoms with E-state index < -0.39 is 0 Å². The van der Waals surface area contributed by atoms with E-state index in [2.05, 4.69) is 20.9 Å². The molecule has 0 saturated heterocycles. The fraction of sp³-hybridized carbons (Fsp3) is 0.545. The number of hydrogen-bond donors (Lipinski definition) is 1. The highest BCUT2D eigenvalue weighted by Crippen LogP contribution is 2.22. The smallest absolute Gasteiger partial charge is 0.216 e. The minimum atomic E-state index is -0.159. The molecule has 0 fully saturated rings. The molecule has 0 aliphatic heterocycles. The van der Waals surface area contributed by atoms with Crippen molar-refractivity contribution in [3.05, 3.63) is 22.3 Å². The van der Waals surface area contributed by atoms with Gasteiger partial charge in [0.15, 0.2) is 0 Å². The number of rotatable bonds is 4. The van der Waals surface area contributed by atoms with Crippen LogP contribution in [0.15, 0.2) is 16.7 Å². The highest BCUT2D eigenvalue weighted by molar-refractivity contribution is 9.10. The van der Waals surface area contributed by atoms with Gasteiger partial charge in [-0.1, -0.05) is 0 Å². The fourth-order valence-corrected chi connectivity index (χ4v) is 1.67. The zero-order valence-electron chi connectivity index (χ0n) is 9.38. The van der Waals surface area contributed by atoms with Crippen LogP contribution in [-0.4, -0.2) is 17.6 Å². The van der Waals surface area contributed by atoms with Crippen LogP contribution in [0.3, 0.4) is 0 Å². The number of ether oxygens (including phenoxy) is 1. The maximum Gasteiger partial charge on any atom is 0.216 e. The average Bonchev–Trinajstić information content (AvgIpc) is 2.14. The van der Waals surface area contributed by atoms with Crippen molar-refractivity contribution >= 4 is 15.9 Å². The number of hydrogen-bond acceptors (Lipinski definition) is 3. The molecule has 1 aromatic heterocycles. The van der Waals surface area contributed by atoms with Crippen molar-refractivity contribution in [2.45, 2.75) is 32.2 Å². The lowest BCUT2D eigenvalue weighted by atomic mass is 9.97. The Morgan fingerprint density at radius 2 is 2.20 bits per heavy atom. The predicted molar refractivity (Wildman–Crippen MR) is 65.1 cm³/mol. The van der Waals surface area contributed by atoms with Crippen molar-refractivity contribution in [3.63, 3.8) is 0 Å². The van der Waals surface area contributed by atoms with Crippen LogP contribution in [0, 0.1) is 0 Å². The molecule has 3 nitrogen and oxygen atoms in total. The second-order valence-corrected chi connectivity index (χ2v) is 5.23. The molecule has 1 heterocycles. The molecule has 0 amide bonds. The topological polar surface area (TPSA) is 48.1 Å². The van der Waals surface area contributed by atoms with E-state index in [1.165, 1.54) is 0 Å². The summed E-state index contributed by atoms with van der Waals surface area (Å²) in [6, 6.07) is 2.03. The van der Waals surface area contributed by atoms with E-state index in [0.717, 1.165) is 22.9 Å². The number of aromatic nitrogens is 1. The van der Waals surface area contributed by atoms with Gasteiger partial charge in [0.1, 0.15) is 0 Å². The lowest BCUT2D eigenvalue weighted by Crippen LogP contribution is -2.32. The van der Waals surface area contributed by atoms with Gasteiger partial charge in [-0.05, 0) is 48.7 Å². The molecule has 0 aliphatic carbocycles. The van der Waals surface area contributed by atoms with Gasteiger partial charge in [0.05, 0.1) is 7.11 Å². The zero-order valence-corrected chi connectivity index (χ0v) is 11.0. The number of nitrogens with two attached hydrogens (primary N) is 1. The van der Waals surface area contributed by atoms with E-state index in [9.17, 15) is 0 Å². The Morgan fingerprint density at radius 1 is 1.53 bits per heavy atom.